The Bertz CT molecular complexity index is 280. The highest BCUT2D eigenvalue weighted by Gasteiger charge is 2.23. The van der Waals surface area contributed by atoms with Gasteiger partial charge in [-0.1, -0.05) is 13.3 Å². The predicted molar refractivity (Wildman–Crippen MR) is 57.3 cm³/mol. The third-order valence-corrected chi connectivity index (χ3v) is 2.77. The predicted octanol–water partition coefficient (Wildman–Crippen LogP) is -1.70. The molecule has 0 aromatic rings. The standard InChI is InChI=1S/C8H19NO6S/c1-2-3-6(4-10)9-8(12)7(11)5-16(13,14)15/h6-12H,2-5H2,1H3,(H,13,14,15). The average Bonchev–Trinajstić information content (AvgIpc) is 2.14. The molecule has 0 spiro atoms. The summed E-state index contributed by atoms with van der Waals surface area (Å²) in [6.07, 6.45) is -1.81. The van der Waals surface area contributed by atoms with Gasteiger partial charge in [-0.25, -0.2) is 0 Å². The molecule has 16 heavy (non-hydrogen) atoms. The van der Waals surface area contributed by atoms with Crippen molar-refractivity contribution in [2.75, 3.05) is 12.4 Å². The van der Waals surface area contributed by atoms with Crippen LogP contribution in [0.15, 0.2) is 0 Å². The van der Waals surface area contributed by atoms with Gasteiger partial charge in [-0.2, -0.15) is 8.42 Å². The highest BCUT2D eigenvalue weighted by atomic mass is 32.2. The highest BCUT2D eigenvalue weighted by Crippen LogP contribution is 2.01. The minimum Gasteiger partial charge on any atom is -0.395 e. The molecule has 0 aromatic heterocycles. The Balaban J connectivity index is 4.17. The molecule has 0 aliphatic rings. The number of nitrogens with one attached hydrogen (secondary N) is 1. The molecule has 0 aliphatic carbocycles. The summed E-state index contributed by atoms with van der Waals surface area (Å²) in [5.41, 5.74) is 0. The van der Waals surface area contributed by atoms with Crippen LogP contribution in [0.1, 0.15) is 19.8 Å². The molecule has 0 fully saturated rings. The minimum absolute atomic E-state index is 0.233. The first-order valence-corrected chi connectivity index (χ1v) is 6.59. The van der Waals surface area contributed by atoms with Crippen LogP contribution in [0.4, 0.5) is 0 Å². The van der Waals surface area contributed by atoms with Gasteiger partial charge in [-0.05, 0) is 6.42 Å². The van der Waals surface area contributed by atoms with Gasteiger partial charge < -0.3 is 15.3 Å². The van der Waals surface area contributed by atoms with Gasteiger partial charge in [0.25, 0.3) is 10.1 Å². The van der Waals surface area contributed by atoms with Gasteiger partial charge in [0.15, 0.2) is 0 Å². The van der Waals surface area contributed by atoms with Crippen molar-refractivity contribution < 1.29 is 28.3 Å². The van der Waals surface area contributed by atoms with Crippen LogP contribution in [0, 0.1) is 0 Å². The molecule has 0 heterocycles. The number of aliphatic hydroxyl groups excluding tert-OH is 3. The molecule has 98 valence electrons. The first kappa shape index (κ1) is 15.8. The molecule has 0 aliphatic heterocycles. The highest BCUT2D eigenvalue weighted by molar-refractivity contribution is 7.85. The lowest BCUT2D eigenvalue weighted by Gasteiger charge is -2.23. The third-order valence-electron chi connectivity index (χ3n) is 2.01. The summed E-state index contributed by atoms with van der Waals surface area (Å²) < 4.78 is 29.3. The van der Waals surface area contributed by atoms with E-state index in [-0.39, 0.29) is 6.61 Å². The van der Waals surface area contributed by atoms with Crippen LogP contribution in [0.5, 0.6) is 0 Å². The zero-order chi connectivity index (χ0) is 12.8. The molecule has 0 amide bonds. The van der Waals surface area contributed by atoms with Crippen molar-refractivity contribution in [1.82, 2.24) is 5.32 Å². The maximum Gasteiger partial charge on any atom is 0.267 e. The van der Waals surface area contributed by atoms with Crippen LogP contribution in [-0.4, -0.2) is 59.0 Å². The summed E-state index contributed by atoms with van der Waals surface area (Å²) in [6, 6.07) is -0.420. The number of rotatable bonds is 8. The Morgan fingerprint density at radius 3 is 2.25 bits per heavy atom. The van der Waals surface area contributed by atoms with E-state index >= 15 is 0 Å². The second-order valence-electron chi connectivity index (χ2n) is 3.60. The molecule has 3 unspecified atom stereocenters. The molecule has 3 atom stereocenters. The van der Waals surface area contributed by atoms with Crippen molar-refractivity contribution >= 4 is 10.1 Å². The van der Waals surface area contributed by atoms with Crippen LogP contribution in [0.25, 0.3) is 0 Å². The van der Waals surface area contributed by atoms with Crippen molar-refractivity contribution in [2.45, 2.75) is 38.1 Å². The first-order chi connectivity index (χ1) is 7.30. The van der Waals surface area contributed by atoms with E-state index in [1.54, 1.807) is 0 Å². The van der Waals surface area contributed by atoms with Gasteiger partial charge in [-0.3, -0.25) is 9.87 Å². The van der Waals surface area contributed by atoms with Crippen LogP contribution in [0.3, 0.4) is 0 Å². The molecule has 0 rings (SSSR count). The van der Waals surface area contributed by atoms with Gasteiger partial charge in [0.2, 0.25) is 0 Å². The van der Waals surface area contributed by atoms with Crippen molar-refractivity contribution in [3.63, 3.8) is 0 Å². The van der Waals surface area contributed by atoms with E-state index in [0.717, 1.165) is 6.42 Å². The summed E-state index contributed by atoms with van der Waals surface area (Å²) in [5, 5.41) is 30.0. The summed E-state index contributed by atoms with van der Waals surface area (Å²) in [4.78, 5) is 0. The lowest BCUT2D eigenvalue weighted by atomic mass is 10.1. The molecule has 0 saturated heterocycles. The maximum atomic E-state index is 10.4. The quantitative estimate of drug-likeness (QED) is 0.259. The SMILES string of the molecule is CCCC(CO)NC(O)C(O)CS(=O)(=O)O. The van der Waals surface area contributed by atoms with Crippen molar-refractivity contribution in [3.8, 4) is 0 Å². The number of hydrogen-bond acceptors (Lipinski definition) is 6. The Labute approximate surface area is 94.9 Å². The lowest BCUT2D eigenvalue weighted by Crippen LogP contribution is -2.49. The summed E-state index contributed by atoms with van der Waals surface area (Å²) in [6.45, 7) is 1.65. The molecule has 0 aromatic carbocycles. The fourth-order valence-corrected chi connectivity index (χ4v) is 1.85. The van der Waals surface area contributed by atoms with Crippen LogP contribution < -0.4 is 5.32 Å². The summed E-state index contributed by atoms with van der Waals surface area (Å²) >= 11 is 0. The maximum absolute atomic E-state index is 10.4. The summed E-state index contributed by atoms with van der Waals surface area (Å²) in [5.74, 6) is -0.953. The van der Waals surface area contributed by atoms with Gasteiger partial charge >= 0.3 is 0 Å². The summed E-state index contributed by atoms with van der Waals surface area (Å²) in [7, 11) is -4.34. The Hall–Kier alpha value is -0.250. The van der Waals surface area contributed by atoms with E-state index in [9.17, 15) is 18.6 Å². The third kappa shape index (κ3) is 7.09. The largest absolute Gasteiger partial charge is 0.395 e. The zero-order valence-electron chi connectivity index (χ0n) is 9.07. The second kappa shape index (κ2) is 7.15. The number of aliphatic hydroxyl groups is 3. The van der Waals surface area contributed by atoms with E-state index in [1.165, 1.54) is 0 Å². The van der Waals surface area contributed by atoms with Crippen LogP contribution in [0.2, 0.25) is 0 Å². The second-order valence-corrected chi connectivity index (χ2v) is 5.09. The molecule has 5 N–H and O–H groups in total. The molecule has 0 radical (unpaired) electrons. The molecule has 0 saturated carbocycles. The van der Waals surface area contributed by atoms with E-state index in [1.807, 2.05) is 6.92 Å². The minimum atomic E-state index is -4.34. The van der Waals surface area contributed by atoms with Gasteiger partial charge in [0.05, 0.1) is 6.61 Å². The Kier molecular flexibility index (Phi) is 7.04. The zero-order valence-corrected chi connectivity index (χ0v) is 9.89. The first-order valence-electron chi connectivity index (χ1n) is 4.98. The topological polar surface area (TPSA) is 127 Å². The normalized spacial score (nSPS) is 18.1. The fraction of sp³-hybridized carbons (Fsp3) is 1.00. The van der Waals surface area contributed by atoms with E-state index in [0.29, 0.717) is 6.42 Å². The van der Waals surface area contributed by atoms with Gasteiger partial charge in [0.1, 0.15) is 18.1 Å². The van der Waals surface area contributed by atoms with E-state index in [2.05, 4.69) is 5.32 Å². The van der Waals surface area contributed by atoms with E-state index < -0.39 is 34.2 Å². The Morgan fingerprint density at radius 1 is 1.31 bits per heavy atom. The lowest BCUT2D eigenvalue weighted by molar-refractivity contribution is -0.00303. The molecular formula is C8H19NO6S. The smallest absolute Gasteiger partial charge is 0.267 e. The molecule has 8 heteroatoms. The average molecular weight is 257 g/mol. The number of hydrogen-bond donors (Lipinski definition) is 5. The van der Waals surface area contributed by atoms with Crippen LogP contribution in [-0.2, 0) is 10.1 Å². The van der Waals surface area contributed by atoms with Gasteiger partial charge in [-0.15, -0.1) is 0 Å². The van der Waals surface area contributed by atoms with Gasteiger partial charge in [0, 0.05) is 6.04 Å². The van der Waals surface area contributed by atoms with Crippen LogP contribution >= 0.6 is 0 Å². The van der Waals surface area contributed by atoms with Crippen molar-refractivity contribution in [1.29, 1.82) is 0 Å². The monoisotopic (exact) mass is 257 g/mol. The van der Waals surface area contributed by atoms with E-state index in [4.69, 9.17) is 9.66 Å². The van der Waals surface area contributed by atoms with Crippen molar-refractivity contribution in [2.24, 2.45) is 0 Å². The fourth-order valence-electron chi connectivity index (χ4n) is 1.24. The van der Waals surface area contributed by atoms with Crippen molar-refractivity contribution in [3.05, 3.63) is 0 Å². The molecule has 0 bridgehead atoms. The molecular weight excluding hydrogens is 238 g/mol. The molecule has 7 nitrogen and oxygen atoms in total. The Morgan fingerprint density at radius 2 is 1.88 bits per heavy atom.